The molecule has 0 radical (unpaired) electrons. The van der Waals surface area contributed by atoms with Crippen molar-refractivity contribution in [1.82, 2.24) is 9.55 Å². The zero-order valence-electron chi connectivity index (χ0n) is 12.0. The highest BCUT2D eigenvalue weighted by Crippen LogP contribution is 2.48. The lowest BCUT2D eigenvalue weighted by Crippen LogP contribution is -2.44. The minimum Gasteiger partial charge on any atom is -0.369 e. The third-order valence-electron chi connectivity index (χ3n) is 3.92. The maximum absolute atomic E-state index is 12.0. The largest absolute Gasteiger partial charge is 0.504 e. The van der Waals surface area contributed by atoms with Crippen molar-refractivity contribution in [3.63, 3.8) is 0 Å². The Morgan fingerprint density at radius 2 is 2.32 bits per heavy atom. The van der Waals surface area contributed by atoms with Gasteiger partial charge in [-0.3, -0.25) is 14.3 Å². The number of aromatic amines is 1. The highest BCUT2D eigenvalue weighted by Gasteiger charge is 2.62. The maximum Gasteiger partial charge on any atom is 0.504 e. The van der Waals surface area contributed by atoms with E-state index in [1.165, 1.54) is 17.4 Å². The van der Waals surface area contributed by atoms with Gasteiger partial charge in [0.1, 0.15) is 18.3 Å². The van der Waals surface area contributed by atoms with E-state index in [-0.39, 0.29) is 18.5 Å². The summed E-state index contributed by atoms with van der Waals surface area (Å²) in [7, 11) is -1.77. The molecule has 8 nitrogen and oxygen atoms in total. The predicted octanol–water partition coefficient (Wildman–Crippen LogP) is 0.199. The van der Waals surface area contributed by atoms with Crippen LogP contribution in [0.1, 0.15) is 11.8 Å². The van der Waals surface area contributed by atoms with E-state index < -0.39 is 37.2 Å². The Morgan fingerprint density at radius 1 is 1.59 bits per heavy atom. The number of hydrogen-bond donors (Lipinski definition) is 2. The highest BCUT2D eigenvalue weighted by molar-refractivity contribution is 7.81. The molecule has 5 atom stereocenters. The van der Waals surface area contributed by atoms with Gasteiger partial charge in [-0.05, 0) is 11.5 Å². The Hall–Kier alpha value is -0.990. The second kappa shape index (κ2) is 5.58. The van der Waals surface area contributed by atoms with Crippen LogP contribution in [0, 0.1) is 6.92 Å². The number of rotatable bonds is 4. The second-order valence-electron chi connectivity index (χ2n) is 5.49. The van der Waals surface area contributed by atoms with Crippen LogP contribution in [-0.2, 0) is 18.6 Å². The Bertz CT molecular complexity index is 733. The molecule has 1 unspecified atom stereocenters. The molecule has 2 saturated heterocycles. The molecule has 0 aliphatic carbocycles. The Labute approximate surface area is 132 Å². The van der Waals surface area contributed by atoms with Gasteiger partial charge >= 0.3 is 13.7 Å². The van der Waals surface area contributed by atoms with Crippen molar-refractivity contribution in [2.24, 2.45) is 0 Å². The van der Waals surface area contributed by atoms with Crippen LogP contribution in [0.15, 0.2) is 15.8 Å². The van der Waals surface area contributed by atoms with Crippen molar-refractivity contribution in [1.29, 1.82) is 0 Å². The zero-order chi connectivity index (χ0) is 16.1. The standard InChI is InChI=1S/C12H15N2O6PS/c1-6-3-14(11(16)13-9(6)15)10-7-8(22)12(20-10,4-18-7)5-19-21(2)17/h3,7-8,10H,4-5H2,1-2H3,(H-,13,15,16,22)/p+1/t7-,8+,10-,12-/m1/s1. The normalized spacial score (nSPS) is 34.1. The number of nitrogens with one attached hydrogen (secondary N) is 1. The van der Waals surface area contributed by atoms with Gasteiger partial charge in [-0.15, -0.1) is 4.52 Å². The number of aromatic nitrogens is 2. The maximum atomic E-state index is 12.0. The van der Waals surface area contributed by atoms with Gasteiger partial charge < -0.3 is 9.47 Å². The fraction of sp³-hybridized carbons (Fsp3) is 0.667. The molecular formula is C12H16N2O6PS+. The monoisotopic (exact) mass is 347 g/mol. The van der Waals surface area contributed by atoms with Crippen LogP contribution in [-0.4, -0.2) is 46.4 Å². The average Bonchev–Trinajstić information content (AvgIpc) is 2.91. The van der Waals surface area contributed by atoms with E-state index in [1.807, 2.05) is 0 Å². The molecule has 120 valence electrons. The first-order chi connectivity index (χ1) is 10.3. The number of H-pyrrole nitrogens is 1. The van der Waals surface area contributed by atoms with Gasteiger partial charge in [-0.2, -0.15) is 12.6 Å². The van der Waals surface area contributed by atoms with Crippen molar-refractivity contribution in [3.8, 4) is 0 Å². The van der Waals surface area contributed by atoms with Crippen LogP contribution < -0.4 is 11.2 Å². The lowest BCUT2D eigenvalue weighted by atomic mass is 10.0. The molecule has 1 aromatic heterocycles. The van der Waals surface area contributed by atoms with E-state index in [2.05, 4.69) is 17.6 Å². The van der Waals surface area contributed by atoms with Gasteiger partial charge in [0.2, 0.25) is 0 Å². The SMILES string of the molecule is Cc1cn([C@@H]2O[C@@]3(CO[P+](C)=O)CO[C@@H]2[C@@H]3S)c(=O)[nH]c1=O. The van der Waals surface area contributed by atoms with E-state index in [9.17, 15) is 14.2 Å². The van der Waals surface area contributed by atoms with Crippen molar-refractivity contribution in [3.05, 3.63) is 32.6 Å². The number of hydrogen-bond acceptors (Lipinski definition) is 7. The molecule has 0 amide bonds. The summed E-state index contributed by atoms with van der Waals surface area (Å²) < 4.78 is 29.3. The van der Waals surface area contributed by atoms with E-state index in [0.29, 0.717) is 5.56 Å². The predicted molar refractivity (Wildman–Crippen MR) is 80.9 cm³/mol. The summed E-state index contributed by atoms with van der Waals surface area (Å²) >= 11 is 4.51. The molecule has 0 saturated carbocycles. The molecule has 22 heavy (non-hydrogen) atoms. The average molecular weight is 347 g/mol. The lowest BCUT2D eigenvalue weighted by molar-refractivity contribution is -0.181. The van der Waals surface area contributed by atoms with E-state index in [4.69, 9.17) is 14.0 Å². The molecule has 2 bridgehead atoms. The Morgan fingerprint density at radius 3 is 3.00 bits per heavy atom. The first-order valence-electron chi connectivity index (χ1n) is 6.67. The van der Waals surface area contributed by atoms with Gasteiger partial charge in [0, 0.05) is 11.8 Å². The molecule has 1 aromatic rings. The van der Waals surface area contributed by atoms with Crippen molar-refractivity contribution < 1.29 is 18.6 Å². The lowest BCUT2D eigenvalue weighted by Gasteiger charge is -2.29. The molecule has 3 rings (SSSR count). The molecule has 2 aliphatic heterocycles. The van der Waals surface area contributed by atoms with Crippen molar-refractivity contribution >= 4 is 20.7 Å². The van der Waals surface area contributed by atoms with E-state index in [0.717, 1.165) is 0 Å². The smallest absolute Gasteiger partial charge is 0.369 e. The van der Waals surface area contributed by atoms with E-state index >= 15 is 0 Å². The van der Waals surface area contributed by atoms with Gasteiger partial charge in [0.25, 0.3) is 5.56 Å². The molecule has 0 aromatic carbocycles. The number of nitrogens with zero attached hydrogens (tertiary/aromatic N) is 1. The number of fused-ring (bicyclic) bond motifs is 2. The fourth-order valence-corrected chi connectivity index (χ4v) is 3.56. The van der Waals surface area contributed by atoms with Gasteiger partial charge in [0.05, 0.1) is 11.9 Å². The summed E-state index contributed by atoms with van der Waals surface area (Å²) in [6.45, 7) is 3.37. The minimum atomic E-state index is -1.77. The second-order valence-corrected chi connectivity index (χ2v) is 7.18. The molecule has 2 fully saturated rings. The third kappa shape index (κ3) is 2.47. The van der Waals surface area contributed by atoms with Crippen LogP contribution in [0.4, 0.5) is 0 Å². The van der Waals surface area contributed by atoms with Crippen LogP contribution in [0.5, 0.6) is 0 Å². The molecule has 2 aliphatic rings. The van der Waals surface area contributed by atoms with Gasteiger partial charge in [-0.1, -0.05) is 0 Å². The summed E-state index contributed by atoms with van der Waals surface area (Å²) in [4.78, 5) is 25.7. The molecule has 10 heteroatoms. The summed E-state index contributed by atoms with van der Waals surface area (Å²) in [5.41, 5.74) is -1.48. The zero-order valence-corrected chi connectivity index (χ0v) is 13.8. The highest BCUT2D eigenvalue weighted by atomic mass is 32.1. The number of thiol groups is 1. The van der Waals surface area contributed by atoms with Crippen LogP contribution in [0.2, 0.25) is 0 Å². The molecular weight excluding hydrogens is 331 g/mol. The summed E-state index contributed by atoms with van der Waals surface area (Å²) in [6, 6.07) is 0. The Balaban J connectivity index is 1.92. The number of ether oxygens (including phenoxy) is 2. The van der Waals surface area contributed by atoms with Crippen molar-refractivity contribution in [2.45, 2.75) is 30.1 Å². The quantitative estimate of drug-likeness (QED) is 0.596. The number of aryl methyl sites for hydroxylation is 1. The first-order valence-corrected chi connectivity index (χ1v) is 8.81. The van der Waals surface area contributed by atoms with Crippen molar-refractivity contribution in [2.75, 3.05) is 19.9 Å². The van der Waals surface area contributed by atoms with Gasteiger partial charge in [0.15, 0.2) is 12.9 Å². The molecule has 1 N–H and O–H groups in total. The topological polar surface area (TPSA) is 99.6 Å². The summed E-state index contributed by atoms with van der Waals surface area (Å²) in [5.74, 6) is 0. The first kappa shape index (κ1) is 15.9. The molecule has 0 spiro atoms. The third-order valence-corrected chi connectivity index (χ3v) is 5.17. The summed E-state index contributed by atoms with van der Waals surface area (Å²) in [6.07, 6.45) is 0.271. The van der Waals surface area contributed by atoms with Crippen LogP contribution in [0.25, 0.3) is 0 Å². The fourth-order valence-electron chi connectivity index (χ4n) is 2.71. The summed E-state index contributed by atoms with van der Waals surface area (Å²) in [5, 5.41) is -0.327. The van der Waals surface area contributed by atoms with Crippen LogP contribution >= 0.6 is 20.7 Å². The minimum absolute atomic E-state index is 0.0664. The molecule has 3 heterocycles. The van der Waals surface area contributed by atoms with E-state index in [1.54, 1.807) is 6.92 Å². The van der Waals surface area contributed by atoms with Crippen LogP contribution in [0.3, 0.4) is 0 Å². The van der Waals surface area contributed by atoms with Gasteiger partial charge in [-0.25, -0.2) is 4.79 Å². The Kier molecular flexibility index (Phi) is 4.03.